The first-order valence-corrected chi connectivity index (χ1v) is 5.81. The Labute approximate surface area is 101 Å². The Morgan fingerprint density at radius 2 is 1.83 bits per heavy atom. The van der Waals surface area contributed by atoms with Gasteiger partial charge in [-0.3, -0.25) is 0 Å². The largest absolute Gasteiger partial charge is 0.416 e. The Morgan fingerprint density at radius 1 is 1.17 bits per heavy atom. The first kappa shape index (κ1) is 11.8. The topological polar surface area (TPSA) is 24.1 Å². The molecule has 1 saturated heterocycles. The lowest BCUT2D eigenvalue weighted by Gasteiger charge is -2.12. The minimum atomic E-state index is -4.50. The van der Waals surface area contributed by atoms with Crippen LogP contribution in [0, 0.1) is 17.7 Å². The number of nitrogens with one attached hydrogen (secondary N) is 2. The monoisotopic (exact) mass is 260 g/mol. The van der Waals surface area contributed by atoms with E-state index in [2.05, 4.69) is 10.6 Å². The summed E-state index contributed by atoms with van der Waals surface area (Å²) in [6.07, 6.45) is -4.50. The summed E-state index contributed by atoms with van der Waals surface area (Å²) in [5.41, 5.74) is -0.800. The lowest BCUT2D eigenvalue weighted by Crippen LogP contribution is -2.21. The van der Waals surface area contributed by atoms with Crippen molar-refractivity contribution >= 4 is 5.69 Å². The molecular formula is C12H12F4N2. The minimum absolute atomic E-state index is 0.155. The quantitative estimate of drug-likeness (QED) is 0.798. The van der Waals surface area contributed by atoms with Gasteiger partial charge in [-0.15, -0.1) is 0 Å². The average Bonchev–Trinajstić information content (AvgIpc) is 2.73. The molecule has 2 unspecified atom stereocenters. The molecule has 3 rings (SSSR count). The van der Waals surface area contributed by atoms with Crippen molar-refractivity contribution in [2.75, 3.05) is 18.4 Å². The molecule has 98 valence electrons. The van der Waals surface area contributed by atoms with Gasteiger partial charge in [0.05, 0.1) is 11.3 Å². The number of hydrogen-bond acceptors (Lipinski definition) is 2. The van der Waals surface area contributed by atoms with Crippen LogP contribution >= 0.6 is 0 Å². The van der Waals surface area contributed by atoms with Crippen LogP contribution in [0.1, 0.15) is 5.56 Å². The SMILES string of the molecule is Fc1cc(C(F)(F)F)ccc1NC1C2CNCC21. The van der Waals surface area contributed by atoms with Crippen molar-refractivity contribution in [2.24, 2.45) is 11.8 Å². The van der Waals surface area contributed by atoms with Crippen molar-refractivity contribution in [2.45, 2.75) is 12.2 Å². The predicted octanol–water partition coefficient (Wildman–Crippen LogP) is 2.47. The molecule has 2 N–H and O–H groups in total. The van der Waals surface area contributed by atoms with Gasteiger partial charge in [-0.25, -0.2) is 4.39 Å². The Hall–Kier alpha value is -1.30. The molecule has 1 aromatic carbocycles. The van der Waals surface area contributed by atoms with Crippen LogP contribution in [0.3, 0.4) is 0 Å². The zero-order valence-electron chi connectivity index (χ0n) is 9.39. The third-order valence-electron chi connectivity index (χ3n) is 3.71. The van der Waals surface area contributed by atoms with Crippen LogP contribution in [0.4, 0.5) is 23.2 Å². The number of benzene rings is 1. The van der Waals surface area contributed by atoms with Crippen LogP contribution < -0.4 is 10.6 Å². The van der Waals surface area contributed by atoms with Gasteiger partial charge < -0.3 is 10.6 Å². The van der Waals surface area contributed by atoms with Crippen molar-refractivity contribution in [1.82, 2.24) is 5.32 Å². The van der Waals surface area contributed by atoms with E-state index < -0.39 is 17.6 Å². The van der Waals surface area contributed by atoms with Crippen molar-refractivity contribution in [3.05, 3.63) is 29.6 Å². The van der Waals surface area contributed by atoms with E-state index in [1.807, 2.05) is 0 Å². The Morgan fingerprint density at radius 3 is 2.39 bits per heavy atom. The number of fused-ring (bicyclic) bond motifs is 1. The summed E-state index contributed by atoms with van der Waals surface area (Å²) < 4.78 is 50.7. The molecule has 2 atom stereocenters. The summed E-state index contributed by atoms with van der Waals surface area (Å²) in [4.78, 5) is 0. The summed E-state index contributed by atoms with van der Waals surface area (Å²) in [5, 5.41) is 6.18. The zero-order valence-corrected chi connectivity index (χ0v) is 9.39. The Balaban J connectivity index is 1.74. The highest BCUT2D eigenvalue weighted by atomic mass is 19.4. The summed E-state index contributed by atoms with van der Waals surface area (Å²) in [5.74, 6) is 0.112. The van der Waals surface area contributed by atoms with Gasteiger partial charge in [0.1, 0.15) is 5.82 Å². The fourth-order valence-electron chi connectivity index (χ4n) is 2.62. The van der Waals surface area contributed by atoms with Gasteiger partial charge in [0.25, 0.3) is 0 Å². The normalized spacial score (nSPS) is 30.1. The van der Waals surface area contributed by atoms with Crippen molar-refractivity contribution in [1.29, 1.82) is 0 Å². The highest BCUT2D eigenvalue weighted by Crippen LogP contribution is 2.44. The molecule has 0 bridgehead atoms. The molecule has 1 aliphatic carbocycles. The van der Waals surface area contributed by atoms with Crippen molar-refractivity contribution in [3.63, 3.8) is 0 Å². The van der Waals surface area contributed by atoms with Crippen LogP contribution in [0.15, 0.2) is 18.2 Å². The molecule has 6 heteroatoms. The van der Waals surface area contributed by atoms with Crippen LogP contribution in [0.5, 0.6) is 0 Å². The van der Waals surface area contributed by atoms with E-state index in [0.29, 0.717) is 17.9 Å². The Bertz CT molecular complexity index is 462. The average molecular weight is 260 g/mol. The third kappa shape index (κ3) is 1.94. The second kappa shape index (κ2) is 3.85. The van der Waals surface area contributed by atoms with Gasteiger partial charge in [-0.05, 0) is 30.0 Å². The number of rotatable bonds is 2. The summed E-state index contributed by atoms with van der Waals surface area (Å²) >= 11 is 0. The van der Waals surface area contributed by atoms with Gasteiger partial charge in [0, 0.05) is 19.1 Å². The van der Waals surface area contributed by atoms with Gasteiger partial charge in [-0.2, -0.15) is 13.2 Å². The van der Waals surface area contributed by atoms with Crippen molar-refractivity contribution in [3.8, 4) is 0 Å². The maximum atomic E-state index is 13.6. The molecule has 2 aliphatic rings. The summed E-state index contributed by atoms with van der Waals surface area (Å²) in [7, 11) is 0. The van der Waals surface area contributed by atoms with Crippen LogP contribution in [0.25, 0.3) is 0 Å². The smallest absolute Gasteiger partial charge is 0.379 e. The molecule has 1 aliphatic heterocycles. The summed E-state index contributed by atoms with van der Waals surface area (Å²) in [6.45, 7) is 1.79. The first-order valence-electron chi connectivity index (χ1n) is 5.81. The lowest BCUT2D eigenvalue weighted by atomic mass is 10.2. The number of piperidine rings is 1. The van der Waals surface area contributed by atoms with Gasteiger partial charge in [0.2, 0.25) is 0 Å². The minimum Gasteiger partial charge on any atom is -0.379 e. The number of alkyl halides is 3. The van der Waals surface area contributed by atoms with Crippen LogP contribution in [-0.2, 0) is 6.18 Å². The van der Waals surface area contributed by atoms with E-state index >= 15 is 0 Å². The number of hydrogen-bond donors (Lipinski definition) is 2. The van der Waals surface area contributed by atoms with E-state index in [1.54, 1.807) is 0 Å². The fraction of sp³-hybridized carbons (Fsp3) is 0.500. The maximum Gasteiger partial charge on any atom is 0.416 e. The first-order chi connectivity index (χ1) is 8.47. The van der Waals surface area contributed by atoms with E-state index in [4.69, 9.17) is 0 Å². The molecule has 0 spiro atoms. The lowest BCUT2D eigenvalue weighted by molar-refractivity contribution is -0.137. The molecule has 0 radical (unpaired) electrons. The summed E-state index contributed by atoms with van der Waals surface area (Å²) in [6, 6.07) is 2.80. The third-order valence-corrected chi connectivity index (χ3v) is 3.71. The van der Waals surface area contributed by atoms with E-state index in [0.717, 1.165) is 19.2 Å². The molecule has 1 saturated carbocycles. The van der Waals surface area contributed by atoms with Crippen molar-refractivity contribution < 1.29 is 17.6 Å². The fourth-order valence-corrected chi connectivity index (χ4v) is 2.62. The van der Waals surface area contributed by atoms with E-state index in [1.165, 1.54) is 6.07 Å². The maximum absolute atomic E-state index is 13.6. The standard InChI is InChI=1S/C12H12F4N2/c13-9-3-6(12(14,15)16)1-2-10(9)18-11-7-4-17-5-8(7)11/h1-3,7-8,11,17-18H,4-5H2. The zero-order chi connectivity index (χ0) is 12.9. The highest BCUT2D eigenvalue weighted by molar-refractivity contribution is 5.49. The molecule has 2 fully saturated rings. The van der Waals surface area contributed by atoms with Gasteiger partial charge in [0.15, 0.2) is 0 Å². The molecule has 0 aromatic heterocycles. The highest BCUT2D eigenvalue weighted by Gasteiger charge is 2.53. The van der Waals surface area contributed by atoms with Crippen LogP contribution in [-0.4, -0.2) is 19.1 Å². The van der Waals surface area contributed by atoms with E-state index in [9.17, 15) is 17.6 Å². The molecule has 1 heterocycles. The molecule has 18 heavy (non-hydrogen) atoms. The van der Waals surface area contributed by atoms with E-state index in [-0.39, 0.29) is 11.7 Å². The Kier molecular flexibility index (Phi) is 2.52. The van der Waals surface area contributed by atoms with Crippen LogP contribution in [0.2, 0.25) is 0 Å². The van der Waals surface area contributed by atoms with Gasteiger partial charge >= 0.3 is 6.18 Å². The van der Waals surface area contributed by atoms with Gasteiger partial charge in [-0.1, -0.05) is 0 Å². The second-order valence-electron chi connectivity index (χ2n) is 4.85. The molecule has 2 nitrogen and oxygen atoms in total. The second-order valence-corrected chi connectivity index (χ2v) is 4.85. The molecule has 0 amide bonds. The predicted molar refractivity (Wildman–Crippen MR) is 58.7 cm³/mol. The molecular weight excluding hydrogens is 248 g/mol. The number of anilines is 1. The number of halogens is 4. The molecule has 1 aromatic rings.